The number of fused-ring (bicyclic) bond motifs is 1. The number of methoxy groups -OCH3 is 2. The number of hydrogen-bond donors (Lipinski definition) is 0. The lowest BCUT2D eigenvalue weighted by molar-refractivity contribution is -0.114. The van der Waals surface area contributed by atoms with Crippen molar-refractivity contribution >= 4 is 51.2 Å². The van der Waals surface area contributed by atoms with Crippen LogP contribution in [0.25, 0.3) is 12.2 Å². The molecule has 0 N–H and O–H groups in total. The maximum absolute atomic E-state index is 12.5. The SMILES string of the molecule is COc1ccccc1/C=C/C(=O)/C=C/c1ccc(OCc2cn(CCN3C(=O)C(=O)c4cc(Br)ccc43)nn2)c(OC)c1. The predicted molar refractivity (Wildman–Crippen MR) is 164 cm³/mol. The lowest BCUT2D eigenvalue weighted by Gasteiger charge is -2.16. The van der Waals surface area contributed by atoms with Crippen LogP contribution in [0.3, 0.4) is 0 Å². The molecule has 0 fully saturated rings. The van der Waals surface area contributed by atoms with E-state index in [0.717, 1.165) is 15.6 Å². The maximum Gasteiger partial charge on any atom is 0.299 e. The average Bonchev–Trinajstić information content (AvgIpc) is 3.58. The Kier molecular flexibility index (Phi) is 9.11. The Morgan fingerprint density at radius 2 is 1.70 bits per heavy atom. The number of Topliss-reactive ketones (excluding diaryl/α,β-unsaturated/α-hetero) is 1. The van der Waals surface area contributed by atoms with Crippen molar-refractivity contribution in [3.63, 3.8) is 0 Å². The van der Waals surface area contributed by atoms with E-state index >= 15 is 0 Å². The van der Waals surface area contributed by atoms with E-state index in [0.29, 0.717) is 40.7 Å². The zero-order valence-electron chi connectivity index (χ0n) is 23.4. The van der Waals surface area contributed by atoms with Gasteiger partial charge in [-0.05, 0) is 60.2 Å². The summed E-state index contributed by atoms with van der Waals surface area (Å²) >= 11 is 3.34. The third-order valence-corrected chi connectivity index (χ3v) is 7.13. The average molecular weight is 643 g/mol. The minimum atomic E-state index is -0.559. The fraction of sp³-hybridized carbons (Fsp3) is 0.156. The molecule has 3 aromatic carbocycles. The van der Waals surface area contributed by atoms with E-state index in [1.54, 1.807) is 60.5 Å². The molecule has 0 saturated heterocycles. The molecular weight excluding hydrogens is 616 g/mol. The van der Waals surface area contributed by atoms with Crippen LogP contribution in [0, 0.1) is 0 Å². The Morgan fingerprint density at radius 1 is 0.907 bits per heavy atom. The van der Waals surface area contributed by atoms with Crippen LogP contribution in [0.1, 0.15) is 27.2 Å². The van der Waals surface area contributed by atoms with Gasteiger partial charge in [-0.15, -0.1) is 5.10 Å². The van der Waals surface area contributed by atoms with Crippen LogP contribution in [0.2, 0.25) is 0 Å². The molecule has 4 aromatic rings. The second kappa shape index (κ2) is 13.3. The minimum absolute atomic E-state index is 0.135. The Labute approximate surface area is 256 Å². The summed E-state index contributed by atoms with van der Waals surface area (Å²) in [6.45, 7) is 0.749. The molecule has 0 radical (unpaired) electrons. The van der Waals surface area contributed by atoms with E-state index in [1.165, 1.54) is 24.2 Å². The van der Waals surface area contributed by atoms with E-state index < -0.39 is 11.7 Å². The molecule has 2 heterocycles. The topological polar surface area (TPSA) is 113 Å². The maximum atomic E-state index is 12.5. The highest BCUT2D eigenvalue weighted by atomic mass is 79.9. The first-order valence-corrected chi connectivity index (χ1v) is 14.0. The normalized spacial score (nSPS) is 12.8. The number of aromatic nitrogens is 3. The van der Waals surface area contributed by atoms with Gasteiger partial charge in [-0.1, -0.05) is 51.5 Å². The van der Waals surface area contributed by atoms with Gasteiger partial charge in [0.2, 0.25) is 0 Å². The van der Waals surface area contributed by atoms with Crippen molar-refractivity contribution in [2.75, 3.05) is 25.7 Å². The summed E-state index contributed by atoms with van der Waals surface area (Å²) in [5.41, 5.74) is 3.12. The molecule has 0 saturated carbocycles. The van der Waals surface area contributed by atoms with E-state index in [4.69, 9.17) is 14.2 Å². The summed E-state index contributed by atoms with van der Waals surface area (Å²) in [6, 6.07) is 18.0. The van der Waals surface area contributed by atoms with Gasteiger partial charge in [0.1, 0.15) is 18.1 Å². The van der Waals surface area contributed by atoms with Crippen LogP contribution in [0.5, 0.6) is 17.2 Å². The van der Waals surface area contributed by atoms with E-state index in [2.05, 4.69) is 26.2 Å². The fourth-order valence-corrected chi connectivity index (χ4v) is 4.84. The fourth-order valence-electron chi connectivity index (χ4n) is 4.48. The first kappa shape index (κ1) is 29.5. The molecule has 218 valence electrons. The second-order valence-electron chi connectivity index (χ2n) is 9.43. The van der Waals surface area contributed by atoms with E-state index in [1.807, 2.05) is 30.3 Å². The first-order chi connectivity index (χ1) is 20.9. The van der Waals surface area contributed by atoms with Crippen LogP contribution < -0.4 is 19.1 Å². The van der Waals surface area contributed by atoms with E-state index in [-0.39, 0.29) is 18.9 Å². The number of anilines is 1. The molecule has 0 bridgehead atoms. The molecule has 0 unspecified atom stereocenters. The van der Waals surface area contributed by atoms with Gasteiger partial charge >= 0.3 is 0 Å². The van der Waals surface area contributed by atoms with Crippen molar-refractivity contribution in [2.24, 2.45) is 0 Å². The van der Waals surface area contributed by atoms with Gasteiger partial charge in [0, 0.05) is 16.6 Å². The van der Waals surface area contributed by atoms with Crippen molar-refractivity contribution in [3.8, 4) is 17.2 Å². The number of para-hydroxylation sites is 1. The lowest BCUT2D eigenvalue weighted by atomic mass is 10.1. The molecule has 0 spiro atoms. The smallest absolute Gasteiger partial charge is 0.299 e. The van der Waals surface area contributed by atoms with Gasteiger partial charge in [-0.2, -0.15) is 0 Å². The van der Waals surface area contributed by atoms with Crippen molar-refractivity contribution < 1.29 is 28.6 Å². The molecule has 0 aliphatic carbocycles. The quantitative estimate of drug-likeness (QED) is 0.154. The highest BCUT2D eigenvalue weighted by molar-refractivity contribution is 9.10. The summed E-state index contributed by atoms with van der Waals surface area (Å²) in [7, 11) is 3.12. The van der Waals surface area contributed by atoms with Gasteiger partial charge in [0.25, 0.3) is 11.7 Å². The number of hydrogen-bond acceptors (Lipinski definition) is 8. The summed E-state index contributed by atoms with van der Waals surface area (Å²) in [4.78, 5) is 38.6. The van der Waals surface area contributed by atoms with Crippen molar-refractivity contribution in [1.82, 2.24) is 15.0 Å². The summed E-state index contributed by atoms with van der Waals surface area (Å²) < 4.78 is 19.0. The molecule has 1 aliphatic rings. The number of benzene rings is 3. The van der Waals surface area contributed by atoms with Crippen LogP contribution in [-0.2, 0) is 22.7 Å². The minimum Gasteiger partial charge on any atom is -0.496 e. The standard InChI is InChI=1S/C32H27BrN4O6/c1-41-28-6-4-3-5-22(28)9-12-25(38)11-7-21-8-14-29(30(17-21)42-2)43-20-24-19-36(35-34-24)15-16-37-27-13-10-23(33)18-26(27)31(39)32(37)40/h3-14,17-19H,15-16,20H2,1-2H3/b11-7+,12-9+. The van der Waals surface area contributed by atoms with Gasteiger partial charge in [0.15, 0.2) is 17.3 Å². The molecule has 1 amide bonds. The number of carbonyl (C=O) groups is 3. The Morgan fingerprint density at radius 3 is 2.51 bits per heavy atom. The molecule has 5 rings (SSSR count). The summed E-state index contributed by atoms with van der Waals surface area (Å²) in [5, 5.41) is 8.26. The third kappa shape index (κ3) is 6.90. The van der Waals surface area contributed by atoms with Gasteiger partial charge in [0.05, 0.1) is 38.2 Å². The first-order valence-electron chi connectivity index (χ1n) is 13.2. The molecule has 10 nitrogen and oxygen atoms in total. The molecule has 1 aliphatic heterocycles. The number of allylic oxidation sites excluding steroid dienone is 2. The Bertz CT molecular complexity index is 1750. The lowest BCUT2D eigenvalue weighted by Crippen LogP contribution is -2.32. The van der Waals surface area contributed by atoms with Crippen molar-refractivity contribution in [3.05, 3.63) is 106 Å². The van der Waals surface area contributed by atoms with Crippen LogP contribution >= 0.6 is 15.9 Å². The largest absolute Gasteiger partial charge is 0.496 e. The molecule has 43 heavy (non-hydrogen) atoms. The highest BCUT2D eigenvalue weighted by Gasteiger charge is 2.35. The van der Waals surface area contributed by atoms with Gasteiger partial charge < -0.3 is 19.1 Å². The Balaban J connectivity index is 1.16. The van der Waals surface area contributed by atoms with E-state index in [9.17, 15) is 14.4 Å². The summed E-state index contributed by atoms with van der Waals surface area (Å²) in [5.74, 6) is 0.429. The van der Waals surface area contributed by atoms with Crippen LogP contribution in [0.15, 0.2) is 83.5 Å². The summed E-state index contributed by atoms with van der Waals surface area (Å²) in [6.07, 6.45) is 8.09. The highest BCUT2D eigenvalue weighted by Crippen LogP contribution is 2.32. The number of amides is 1. The Hall–Kier alpha value is -5.03. The number of halogens is 1. The van der Waals surface area contributed by atoms with Crippen molar-refractivity contribution in [1.29, 1.82) is 0 Å². The number of carbonyl (C=O) groups excluding carboxylic acids is 3. The van der Waals surface area contributed by atoms with Gasteiger partial charge in [-0.25, -0.2) is 0 Å². The number of rotatable bonds is 12. The number of nitrogens with zero attached hydrogens (tertiary/aromatic N) is 4. The number of ether oxygens (including phenoxy) is 3. The predicted octanol–water partition coefficient (Wildman–Crippen LogP) is 5.16. The second-order valence-corrected chi connectivity index (χ2v) is 10.3. The molecular formula is C32H27BrN4O6. The van der Waals surface area contributed by atoms with Crippen molar-refractivity contribution in [2.45, 2.75) is 13.2 Å². The molecule has 11 heteroatoms. The zero-order valence-corrected chi connectivity index (χ0v) is 25.0. The van der Waals surface area contributed by atoms with Crippen LogP contribution in [0.4, 0.5) is 5.69 Å². The number of ketones is 2. The van der Waals surface area contributed by atoms with Crippen LogP contribution in [-0.4, -0.2) is 53.2 Å². The third-order valence-electron chi connectivity index (χ3n) is 6.64. The van der Waals surface area contributed by atoms with Gasteiger partial charge in [-0.3, -0.25) is 19.1 Å². The zero-order chi connectivity index (χ0) is 30.3. The molecule has 0 atom stereocenters. The molecule has 1 aromatic heterocycles. The monoisotopic (exact) mass is 642 g/mol.